The van der Waals surface area contributed by atoms with Crippen molar-refractivity contribution in [3.05, 3.63) is 173 Å². The minimum Gasteiger partial charge on any atom is -0.374 e. The van der Waals surface area contributed by atoms with Crippen LogP contribution in [0, 0.1) is 6.92 Å². The monoisotopic (exact) mass is 862 g/mol. The SMILES string of the molecule is Cc1ccc(S(=O)(=O)N2CCN(C(=O)[C@H](OCc3ccccc3)[C@@H](OCc3ccccc3)[C@H](OCc3ccccc3)[C@]3(COCc4ccccc4)OC(C)(C)O[C@@H]3C)CC2)cc1. The molecule has 2 aliphatic rings. The molecule has 0 radical (unpaired) electrons. The summed E-state index contributed by atoms with van der Waals surface area (Å²) in [6, 6.07) is 45.9. The lowest BCUT2D eigenvalue weighted by Gasteiger charge is -2.45. The first-order chi connectivity index (χ1) is 29.9. The van der Waals surface area contributed by atoms with Crippen molar-refractivity contribution < 1.29 is 41.6 Å². The largest absolute Gasteiger partial charge is 0.374 e. The van der Waals surface area contributed by atoms with Crippen molar-refractivity contribution in [2.24, 2.45) is 0 Å². The van der Waals surface area contributed by atoms with Crippen molar-refractivity contribution in [3.8, 4) is 0 Å². The first-order valence-corrected chi connectivity index (χ1v) is 22.7. The van der Waals surface area contributed by atoms with Gasteiger partial charge in [-0.25, -0.2) is 8.42 Å². The molecule has 0 saturated carbocycles. The van der Waals surface area contributed by atoms with Gasteiger partial charge < -0.3 is 33.3 Å². The number of rotatable bonds is 19. The van der Waals surface area contributed by atoms with Crippen LogP contribution in [0.3, 0.4) is 0 Å². The fourth-order valence-electron chi connectivity index (χ4n) is 8.14. The smallest absolute Gasteiger partial charge is 0.254 e. The Hall–Kier alpha value is -4.76. The van der Waals surface area contributed by atoms with E-state index in [-0.39, 0.29) is 63.4 Å². The summed E-state index contributed by atoms with van der Waals surface area (Å²) < 4.78 is 69.9. The van der Waals surface area contributed by atoms with Crippen LogP contribution in [0.5, 0.6) is 0 Å². The third-order valence-corrected chi connectivity index (χ3v) is 13.3. The van der Waals surface area contributed by atoms with E-state index in [4.69, 9.17) is 28.4 Å². The van der Waals surface area contributed by atoms with E-state index in [9.17, 15) is 8.42 Å². The zero-order valence-electron chi connectivity index (χ0n) is 36.0. The summed E-state index contributed by atoms with van der Waals surface area (Å²) in [5.74, 6) is -1.41. The number of sulfonamides is 1. The first kappa shape index (κ1) is 45.3. The lowest BCUT2D eigenvalue weighted by Crippen LogP contribution is -2.64. The van der Waals surface area contributed by atoms with Gasteiger partial charge in [0.1, 0.15) is 17.8 Å². The van der Waals surface area contributed by atoms with Gasteiger partial charge in [-0.3, -0.25) is 4.79 Å². The molecular weight excluding hydrogens is 805 g/mol. The van der Waals surface area contributed by atoms with Gasteiger partial charge >= 0.3 is 0 Å². The molecule has 5 aromatic carbocycles. The third-order valence-electron chi connectivity index (χ3n) is 11.4. The predicted molar refractivity (Wildman–Crippen MR) is 236 cm³/mol. The Morgan fingerprint density at radius 3 is 1.61 bits per heavy atom. The molecule has 0 unspecified atom stereocenters. The summed E-state index contributed by atoms with van der Waals surface area (Å²) in [6.07, 6.45) is -3.95. The number of amides is 1. The number of hydrogen-bond acceptors (Lipinski definition) is 9. The summed E-state index contributed by atoms with van der Waals surface area (Å²) in [7, 11) is -3.79. The van der Waals surface area contributed by atoms with E-state index in [0.717, 1.165) is 27.8 Å². The van der Waals surface area contributed by atoms with E-state index in [1.54, 1.807) is 29.2 Å². The minimum absolute atomic E-state index is 0.0340. The van der Waals surface area contributed by atoms with Crippen molar-refractivity contribution in [1.29, 1.82) is 0 Å². The first-order valence-electron chi connectivity index (χ1n) is 21.3. The molecule has 5 atom stereocenters. The molecule has 62 heavy (non-hydrogen) atoms. The molecule has 0 spiro atoms. The molecule has 11 nitrogen and oxygen atoms in total. The Labute approximate surface area is 366 Å². The van der Waals surface area contributed by atoms with E-state index in [0.29, 0.717) is 6.61 Å². The molecule has 0 bridgehead atoms. The van der Waals surface area contributed by atoms with Crippen LogP contribution in [-0.2, 0) is 69.7 Å². The molecule has 2 aliphatic heterocycles. The van der Waals surface area contributed by atoms with Gasteiger partial charge in [-0.1, -0.05) is 139 Å². The fraction of sp³-hybridized carbons (Fsp3) is 0.380. The maximum absolute atomic E-state index is 15.3. The minimum atomic E-state index is -3.79. The highest BCUT2D eigenvalue weighted by atomic mass is 32.2. The molecule has 2 heterocycles. The van der Waals surface area contributed by atoms with Gasteiger partial charge in [0.05, 0.1) is 44.0 Å². The lowest BCUT2D eigenvalue weighted by molar-refractivity contribution is -0.250. The number of nitrogens with zero attached hydrogens (tertiary/aromatic N) is 2. The summed E-state index contributed by atoms with van der Waals surface area (Å²) >= 11 is 0. The van der Waals surface area contributed by atoms with E-state index in [2.05, 4.69) is 0 Å². The van der Waals surface area contributed by atoms with Crippen molar-refractivity contribution in [2.75, 3.05) is 32.8 Å². The summed E-state index contributed by atoms with van der Waals surface area (Å²) in [5.41, 5.74) is 3.28. The Balaban J connectivity index is 1.28. The van der Waals surface area contributed by atoms with Crippen LogP contribution in [0.1, 0.15) is 48.6 Å². The van der Waals surface area contributed by atoms with Crippen molar-refractivity contribution in [2.45, 2.75) is 94.8 Å². The molecule has 1 amide bonds. The normalized spacial score (nSPS) is 20.7. The maximum atomic E-state index is 15.3. The van der Waals surface area contributed by atoms with E-state index in [1.807, 2.05) is 149 Å². The topological polar surface area (TPSA) is 113 Å². The van der Waals surface area contributed by atoms with Crippen LogP contribution in [0.25, 0.3) is 0 Å². The highest BCUT2D eigenvalue weighted by Gasteiger charge is 2.61. The second kappa shape index (κ2) is 20.6. The molecular formula is C50H58N2O9S. The lowest BCUT2D eigenvalue weighted by atomic mass is 9.85. The van der Waals surface area contributed by atoms with Gasteiger partial charge in [0.25, 0.3) is 5.91 Å². The number of hydrogen-bond donors (Lipinski definition) is 0. The van der Waals surface area contributed by atoms with E-state index < -0.39 is 45.8 Å². The van der Waals surface area contributed by atoms with Gasteiger partial charge in [-0.15, -0.1) is 0 Å². The van der Waals surface area contributed by atoms with Gasteiger partial charge in [-0.05, 0) is 62.1 Å². The van der Waals surface area contributed by atoms with Crippen molar-refractivity contribution >= 4 is 15.9 Å². The van der Waals surface area contributed by atoms with E-state index >= 15 is 4.79 Å². The van der Waals surface area contributed by atoms with Crippen LogP contribution >= 0.6 is 0 Å². The number of aryl methyl sites for hydroxylation is 1. The number of ether oxygens (including phenoxy) is 6. The number of carbonyl (C=O) groups is 1. The number of piperazine rings is 1. The van der Waals surface area contributed by atoms with Gasteiger partial charge in [0.2, 0.25) is 10.0 Å². The Bertz CT molecular complexity index is 2260. The Morgan fingerprint density at radius 1 is 0.661 bits per heavy atom. The number of benzene rings is 5. The van der Waals surface area contributed by atoms with Gasteiger partial charge in [0.15, 0.2) is 11.9 Å². The van der Waals surface area contributed by atoms with Crippen LogP contribution in [-0.4, -0.2) is 92.1 Å². The molecule has 7 rings (SSSR count). The van der Waals surface area contributed by atoms with E-state index in [1.165, 1.54) is 4.31 Å². The summed E-state index contributed by atoms with van der Waals surface area (Å²) in [5, 5.41) is 0. The Morgan fingerprint density at radius 2 is 1.13 bits per heavy atom. The molecule has 0 aliphatic carbocycles. The second-order valence-electron chi connectivity index (χ2n) is 16.4. The Kier molecular flexibility index (Phi) is 15.1. The zero-order valence-corrected chi connectivity index (χ0v) is 36.8. The fourth-order valence-corrected chi connectivity index (χ4v) is 9.56. The molecule has 0 aromatic heterocycles. The van der Waals surface area contributed by atoms with Crippen molar-refractivity contribution in [1.82, 2.24) is 9.21 Å². The van der Waals surface area contributed by atoms with Crippen LogP contribution in [0.15, 0.2) is 150 Å². The average Bonchev–Trinajstić information content (AvgIpc) is 3.53. The molecule has 2 fully saturated rings. The quantitative estimate of drug-likeness (QED) is 0.0825. The van der Waals surface area contributed by atoms with Gasteiger partial charge in [-0.2, -0.15) is 4.31 Å². The summed E-state index contributed by atoms with van der Waals surface area (Å²) in [6.45, 7) is 8.76. The highest BCUT2D eigenvalue weighted by Crippen LogP contribution is 2.43. The molecule has 2 saturated heterocycles. The van der Waals surface area contributed by atoms with Crippen LogP contribution < -0.4 is 0 Å². The highest BCUT2D eigenvalue weighted by molar-refractivity contribution is 7.89. The van der Waals surface area contributed by atoms with Crippen LogP contribution in [0.2, 0.25) is 0 Å². The molecule has 12 heteroatoms. The standard InChI is InChI=1S/C50H58N2O9S/c1-38-25-27-44(28-26-38)62(54,55)52-31-29-51(30-32-52)48(53)46(58-35-42-21-13-7-14-22-42)45(57-34-41-19-11-6-12-20-41)47(59-36-43-23-15-8-16-24-43)50(39(2)60-49(3,4)61-50)37-56-33-40-17-9-5-10-18-40/h5-28,39,45-47H,29-37H2,1-4H3/t39-,45-,46-,47+,50-/m1/s1. The third kappa shape index (κ3) is 11.2. The number of carbonyl (C=O) groups excluding carboxylic acids is 1. The average molecular weight is 863 g/mol. The summed E-state index contributed by atoms with van der Waals surface area (Å²) in [4.78, 5) is 17.2. The molecule has 5 aromatic rings. The maximum Gasteiger partial charge on any atom is 0.254 e. The zero-order chi connectivity index (χ0) is 43.6. The second-order valence-corrected chi connectivity index (χ2v) is 18.4. The van der Waals surface area contributed by atoms with Gasteiger partial charge in [0, 0.05) is 26.2 Å². The van der Waals surface area contributed by atoms with Crippen molar-refractivity contribution in [3.63, 3.8) is 0 Å². The molecule has 328 valence electrons. The molecule has 0 N–H and O–H groups in total. The predicted octanol–water partition coefficient (Wildman–Crippen LogP) is 7.71. The van der Waals surface area contributed by atoms with Crippen LogP contribution in [0.4, 0.5) is 0 Å².